The maximum atomic E-state index is 5.71. The number of fused-ring (bicyclic) bond motifs is 1. The number of hydrogen-bond acceptors (Lipinski definition) is 3. The van der Waals surface area contributed by atoms with Crippen LogP contribution in [0.5, 0.6) is 5.75 Å². The van der Waals surface area contributed by atoms with Gasteiger partial charge in [-0.15, -0.1) is 0 Å². The van der Waals surface area contributed by atoms with Gasteiger partial charge in [0.05, 0.1) is 13.2 Å². The fourth-order valence-corrected chi connectivity index (χ4v) is 3.05. The summed E-state index contributed by atoms with van der Waals surface area (Å²) < 4.78 is 11.3. The first-order valence-electron chi connectivity index (χ1n) is 7.55. The largest absolute Gasteiger partial charge is 0.496 e. The van der Waals surface area contributed by atoms with Crippen LogP contribution in [-0.4, -0.2) is 25.4 Å². The van der Waals surface area contributed by atoms with Crippen LogP contribution in [0, 0.1) is 0 Å². The second-order valence-corrected chi connectivity index (χ2v) is 6.00. The van der Waals surface area contributed by atoms with Gasteiger partial charge in [0.1, 0.15) is 5.75 Å². The molecule has 1 saturated heterocycles. The molecule has 0 aromatic heterocycles. The third-order valence-corrected chi connectivity index (χ3v) is 4.77. The molecule has 0 bridgehead atoms. The molecular formula is C18H23NO2. The predicted octanol–water partition coefficient (Wildman–Crippen LogP) is 3.51. The maximum Gasteiger partial charge on any atom is 0.123 e. The van der Waals surface area contributed by atoms with Gasteiger partial charge in [0.15, 0.2) is 0 Å². The van der Waals surface area contributed by atoms with Crippen LogP contribution in [0.25, 0.3) is 10.8 Å². The van der Waals surface area contributed by atoms with Crippen molar-refractivity contribution in [3.8, 4) is 5.75 Å². The van der Waals surface area contributed by atoms with Crippen molar-refractivity contribution in [1.29, 1.82) is 0 Å². The number of nitrogens with one attached hydrogen (secondary N) is 1. The standard InChI is InChI=1S/C18H23NO2/c1-13-18(2,10-11-21-13)19-12-16-15-7-5-4-6-14(15)8-9-17(16)20-3/h4-9,13,19H,10-12H2,1-3H3. The third-order valence-electron chi connectivity index (χ3n) is 4.77. The van der Waals surface area contributed by atoms with E-state index in [4.69, 9.17) is 9.47 Å². The first kappa shape index (κ1) is 14.4. The van der Waals surface area contributed by atoms with E-state index in [0.717, 1.165) is 25.3 Å². The van der Waals surface area contributed by atoms with E-state index in [1.807, 2.05) is 0 Å². The normalized spacial score (nSPS) is 25.4. The van der Waals surface area contributed by atoms with Crippen molar-refractivity contribution in [1.82, 2.24) is 5.32 Å². The smallest absolute Gasteiger partial charge is 0.123 e. The molecule has 3 nitrogen and oxygen atoms in total. The van der Waals surface area contributed by atoms with Gasteiger partial charge >= 0.3 is 0 Å². The quantitative estimate of drug-likeness (QED) is 0.932. The van der Waals surface area contributed by atoms with Gasteiger partial charge in [-0.25, -0.2) is 0 Å². The number of benzene rings is 2. The SMILES string of the molecule is COc1ccc2ccccc2c1CNC1(C)CCOC1C. The Labute approximate surface area is 126 Å². The van der Waals surface area contributed by atoms with E-state index in [1.165, 1.54) is 16.3 Å². The van der Waals surface area contributed by atoms with Gasteiger partial charge in [-0.1, -0.05) is 30.3 Å². The molecular weight excluding hydrogens is 262 g/mol. The summed E-state index contributed by atoms with van der Waals surface area (Å²) in [7, 11) is 1.73. The molecule has 1 aliphatic rings. The molecule has 1 heterocycles. The minimum atomic E-state index is 0.0297. The Morgan fingerprint density at radius 2 is 2.10 bits per heavy atom. The van der Waals surface area contributed by atoms with Crippen molar-refractivity contribution < 1.29 is 9.47 Å². The molecule has 0 radical (unpaired) electrons. The third kappa shape index (κ3) is 2.63. The van der Waals surface area contributed by atoms with Gasteiger partial charge in [-0.05, 0) is 37.1 Å². The van der Waals surface area contributed by atoms with Crippen LogP contribution in [0.4, 0.5) is 0 Å². The van der Waals surface area contributed by atoms with E-state index in [-0.39, 0.29) is 11.6 Å². The minimum absolute atomic E-state index is 0.0297. The molecule has 2 aromatic carbocycles. The van der Waals surface area contributed by atoms with Crippen LogP contribution in [0.3, 0.4) is 0 Å². The summed E-state index contributed by atoms with van der Waals surface area (Å²) in [6, 6.07) is 12.6. The molecule has 1 aliphatic heterocycles. The number of methoxy groups -OCH3 is 1. The number of hydrogen-bond donors (Lipinski definition) is 1. The first-order valence-corrected chi connectivity index (χ1v) is 7.55. The average Bonchev–Trinajstić information content (AvgIpc) is 2.84. The van der Waals surface area contributed by atoms with Crippen LogP contribution in [-0.2, 0) is 11.3 Å². The summed E-state index contributed by atoms with van der Waals surface area (Å²) in [5, 5.41) is 6.18. The zero-order valence-electron chi connectivity index (χ0n) is 13.0. The molecule has 21 heavy (non-hydrogen) atoms. The van der Waals surface area contributed by atoms with Crippen molar-refractivity contribution in [2.45, 2.75) is 38.5 Å². The molecule has 1 N–H and O–H groups in total. The van der Waals surface area contributed by atoms with E-state index in [2.05, 4.69) is 55.6 Å². The minimum Gasteiger partial charge on any atom is -0.496 e. The summed E-state index contributed by atoms with van der Waals surface area (Å²) in [5.41, 5.74) is 1.25. The van der Waals surface area contributed by atoms with Gasteiger partial charge < -0.3 is 14.8 Å². The van der Waals surface area contributed by atoms with Crippen LogP contribution >= 0.6 is 0 Å². The van der Waals surface area contributed by atoms with Gasteiger partial charge in [0.25, 0.3) is 0 Å². The highest BCUT2D eigenvalue weighted by molar-refractivity contribution is 5.87. The van der Waals surface area contributed by atoms with Gasteiger partial charge in [0.2, 0.25) is 0 Å². The molecule has 2 atom stereocenters. The highest BCUT2D eigenvalue weighted by Gasteiger charge is 2.36. The molecule has 3 rings (SSSR count). The zero-order chi connectivity index (χ0) is 14.9. The summed E-state index contributed by atoms with van der Waals surface area (Å²) in [5.74, 6) is 0.941. The van der Waals surface area contributed by atoms with Crippen LogP contribution < -0.4 is 10.1 Å². The van der Waals surface area contributed by atoms with Crippen molar-refractivity contribution >= 4 is 10.8 Å². The summed E-state index contributed by atoms with van der Waals surface area (Å²) in [6.45, 7) is 5.99. The van der Waals surface area contributed by atoms with E-state index in [0.29, 0.717) is 0 Å². The number of ether oxygens (including phenoxy) is 2. The molecule has 0 aliphatic carbocycles. The lowest BCUT2D eigenvalue weighted by molar-refractivity contribution is 0.0881. The molecule has 0 spiro atoms. The van der Waals surface area contributed by atoms with Crippen molar-refractivity contribution in [3.63, 3.8) is 0 Å². The van der Waals surface area contributed by atoms with E-state index in [9.17, 15) is 0 Å². The van der Waals surface area contributed by atoms with Gasteiger partial charge in [0, 0.05) is 24.3 Å². The van der Waals surface area contributed by atoms with E-state index < -0.39 is 0 Å². The fourth-order valence-electron chi connectivity index (χ4n) is 3.05. The Morgan fingerprint density at radius 1 is 1.29 bits per heavy atom. The summed E-state index contributed by atoms with van der Waals surface area (Å²) in [6.07, 6.45) is 1.28. The van der Waals surface area contributed by atoms with Gasteiger partial charge in [-0.3, -0.25) is 0 Å². The second-order valence-electron chi connectivity index (χ2n) is 6.00. The Hall–Kier alpha value is -1.58. The highest BCUT2D eigenvalue weighted by Crippen LogP contribution is 2.30. The van der Waals surface area contributed by atoms with E-state index in [1.54, 1.807) is 7.11 Å². The Morgan fingerprint density at radius 3 is 2.81 bits per heavy atom. The average molecular weight is 285 g/mol. The summed E-state index contributed by atoms with van der Waals surface area (Å²) in [4.78, 5) is 0. The van der Waals surface area contributed by atoms with E-state index >= 15 is 0 Å². The predicted molar refractivity (Wildman–Crippen MR) is 85.8 cm³/mol. The maximum absolute atomic E-state index is 5.71. The number of rotatable bonds is 4. The van der Waals surface area contributed by atoms with Crippen molar-refractivity contribution in [2.75, 3.05) is 13.7 Å². The molecule has 3 heteroatoms. The molecule has 1 fully saturated rings. The van der Waals surface area contributed by atoms with Crippen molar-refractivity contribution in [2.24, 2.45) is 0 Å². The molecule has 0 amide bonds. The lowest BCUT2D eigenvalue weighted by atomic mass is 9.93. The monoisotopic (exact) mass is 285 g/mol. The van der Waals surface area contributed by atoms with Crippen LogP contribution in [0.1, 0.15) is 25.8 Å². The fraction of sp³-hybridized carbons (Fsp3) is 0.444. The Kier molecular flexibility index (Phi) is 3.87. The van der Waals surface area contributed by atoms with Crippen LogP contribution in [0.15, 0.2) is 36.4 Å². The summed E-state index contributed by atoms with van der Waals surface area (Å²) >= 11 is 0. The molecule has 0 saturated carbocycles. The second kappa shape index (κ2) is 5.66. The zero-order valence-corrected chi connectivity index (χ0v) is 13.0. The van der Waals surface area contributed by atoms with Gasteiger partial charge in [-0.2, -0.15) is 0 Å². The Bertz CT molecular complexity index is 640. The van der Waals surface area contributed by atoms with Crippen LogP contribution in [0.2, 0.25) is 0 Å². The molecule has 2 unspecified atom stereocenters. The highest BCUT2D eigenvalue weighted by atomic mass is 16.5. The lowest BCUT2D eigenvalue weighted by Crippen LogP contribution is -2.47. The molecule has 2 aromatic rings. The first-order chi connectivity index (χ1) is 10.1. The lowest BCUT2D eigenvalue weighted by Gasteiger charge is -2.29. The van der Waals surface area contributed by atoms with Crippen molar-refractivity contribution in [3.05, 3.63) is 42.0 Å². The Balaban J connectivity index is 1.92. The molecule has 112 valence electrons. The topological polar surface area (TPSA) is 30.5 Å².